The van der Waals surface area contributed by atoms with E-state index in [1.54, 1.807) is 11.3 Å². The molecule has 0 aliphatic carbocycles. The fourth-order valence-electron chi connectivity index (χ4n) is 1.47. The summed E-state index contributed by atoms with van der Waals surface area (Å²) in [6.07, 6.45) is 0. The van der Waals surface area contributed by atoms with Crippen LogP contribution in [0.2, 0.25) is 0 Å². The van der Waals surface area contributed by atoms with E-state index in [-0.39, 0.29) is 0 Å². The first-order valence-corrected chi connectivity index (χ1v) is 6.23. The zero-order chi connectivity index (χ0) is 11.4. The number of thiazole rings is 1. The minimum absolute atomic E-state index is 0.526. The van der Waals surface area contributed by atoms with Crippen LogP contribution in [0.4, 0.5) is 0 Å². The van der Waals surface area contributed by atoms with E-state index in [0.717, 1.165) is 18.8 Å². The molecule has 0 aliphatic heterocycles. The van der Waals surface area contributed by atoms with Crippen molar-refractivity contribution in [2.24, 2.45) is 5.73 Å². The highest BCUT2D eigenvalue weighted by Gasteiger charge is 2.12. The summed E-state index contributed by atoms with van der Waals surface area (Å²) in [4.78, 5) is 8.23. The summed E-state index contributed by atoms with van der Waals surface area (Å²) in [6, 6.07) is 0.526. The van der Waals surface area contributed by atoms with Gasteiger partial charge in [-0.1, -0.05) is 0 Å². The Labute approximate surface area is 96.3 Å². The summed E-state index contributed by atoms with van der Waals surface area (Å²) in [7, 11) is 0. The average molecular weight is 227 g/mol. The first kappa shape index (κ1) is 12.6. The van der Waals surface area contributed by atoms with E-state index in [2.05, 4.69) is 37.6 Å². The predicted octanol–water partition coefficient (Wildman–Crippen LogP) is 1.93. The van der Waals surface area contributed by atoms with Crippen LogP contribution in [-0.2, 0) is 6.54 Å². The summed E-state index contributed by atoms with van der Waals surface area (Å²) < 4.78 is 0. The van der Waals surface area contributed by atoms with Crippen molar-refractivity contribution in [3.63, 3.8) is 0 Å². The highest BCUT2D eigenvalue weighted by molar-refractivity contribution is 7.11. The van der Waals surface area contributed by atoms with Crippen LogP contribution in [0.15, 0.2) is 0 Å². The van der Waals surface area contributed by atoms with Gasteiger partial charge in [0.05, 0.1) is 12.2 Å². The minimum Gasteiger partial charge on any atom is -0.329 e. The Bertz CT molecular complexity index is 287. The van der Waals surface area contributed by atoms with Gasteiger partial charge in [0.25, 0.3) is 0 Å². The lowest BCUT2D eigenvalue weighted by Crippen LogP contribution is -2.34. The van der Waals surface area contributed by atoms with E-state index in [4.69, 9.17) is 5.73 Å². The second kappa shape index (κ2) is 5.58. The van der Waals surface area contributed by atoms with Gasteiger partial charge >= 0.3 is 0 Å². The predicted molar refractivity (Wildman–Crippen MR) is 66.2 cm³/mol. The van der Waals surface area contributed by atoms with Crippen LogP contribution in [0.25, 0.3) is 0 Å². The fraction of sp³-hybridized carbons (Fsp3) is 0.727. The quantitative estimate of drug-likeness (QED) is 0.836. The lowest BCUT2D eigenvalue weighted by Gasteiger charge is -2.24. The number of hydrogen-bond acceptors (Lipinski definition) is 4. The number of aryl methyl sites for hydroxylation is 2. The molecule has 1 aromatic rings. The summed E-state index contributed by atoms with van der Waals surface area (Å²) in [6.45, 7) is 11.2. The van der Waals surface area contributed by atoms with Gasteiger partial charge in [0.15, 0.2) is 0 Å². The highest BCUT2D eigenvalue weighted by Crippen LogP contribution is 2.18. The monoisotopic (exact) mass is 227 g/mol. The molecule has 15 heavy (non-hydrogen) atoms. The largest absolute Gasteiger partial charge is 0.329 e. The highest BCUT2D eigenvalue weighted by atomic mass is 32.1. The molecule has 2 N–H and O–H groups in total. The second-order valence-corrected chi connectivity index (χ2v) is 5.39. The number of nitrogens with two attached hydrogens (primary N) is 1. The first-order chi connectivity index (χ1) is 7.04. The summed E-state index contributed by atoms with van der Waals surface area (Å²) >= 11 is 1.79. The van der Waals surface area contributed by atoms with Crippen molar-refractivity contribution in [3.8, 4) is 0 Å². The second-order valence-electron chi connectivity index (χ2n) is 4.10. The molecular formula is C11H21N3S. The topological polar surface area (TPSA) is 42.2 Å². The molecule has 0 amide bonds. The Morgan fingerprint density at radius 3 is 2.47 bits per heavy atom. The molecule has 0 aliphatic rings. The van der Waals surface area contributed by atoms with Gasteiger partial charge in [-0.15, -0.1) is 11.3 Å². The zero-order valence-corrected chi connectivity index (χ0v) is 10.9. The molecule has 0 aromatic carbocycles. The molecule has 0 unspecified atom stereocenters. The van der Waals surface area contributed by atoms with Crippen molar-refractivity contribution in [2.75, 3.05) is 13.1 Å². The Kier molecular flexibility index (Phi) is 4.70. The van der Waals surface area contributed by atoms with Gasteiger partial charge in [-0.3, -0.25) is 4.90 Å². The van der Waals surface area contributed by atoms with Crippen molar-refractivity contribution in [2.45, 2.75) is 40.3 Å². The SMILES string of the molecule is Cc1nc(CN(CCN)C(C)C)sc1C. The standard InChI is InChI=1S/C11H21N3S/c1-8(2)14(6-5-12)7-11-13-9(3)10(4)15-11/h8H,5-7,12H2,1-4H3. The van der Waals surface area contributed by atoms with Crippen molar-refractivity contribution in [1.82, 2.24) is 9.88 Å². The van der Waals surface area contributed by atoms with Gasteiger partial charge in [0.1, 0.15) is 5.01 Å². The van der Waals surface area contributed by atoms with Crippen molar-refractivity contribution >= 4 is 11.3 Å². The molecular weight excluding hydrogens is 206 g/mol. The molecule has 1 aromatic heterocycles. The van der Waals surface area contributed by atoms with Crippen molar-refractivity contribution in [3.05, 3.63) is 15.6 Å². The fourth-order valence-corrected chi connectivity index (χ4v) is 2.43. The van der Waals surface area contributed by atoms with E-state index in [9.17, 15) is 0 Å². The maximum atomic E-state index is 5.60. The van der Waals surface area contributed by atoms with Crippen LogP contribution in [0, 0.1) is 13.8 Å². The van der Waals surface area contributed by atoms with Crippen molar-refractivity contribution < 1.29 is 0 Å². The average Bonchev–Trinajstić information content (AvgIpc) is 2.45. The van der Waals surface area contributed by atoms with Crippen molar-refractivity contribution in [1.29, 1.82) is 0 Å². The van der Waals surface area contributed by atoms with Crippen LogP contribution >= 0.6 is 11.3 Å². The molecule has 1 heterocycles. The van der Waals surface area contributed by atoms with Gasteiger partial charge < -0.3 is 5.73 Å². The van der Waals surface area contributed by atoms with Crippen LogP contribution < -0.4 is 5.73 Å². The number of hydrogen-bond donors (Lipinski definition) is 1. The Balaban J connectivity index is 2.65. The normalized spacial score (nSPS) is 11.7. The zero-order valence-electron chi connectivity index (χ0n) is 10.1. The van der Waals surface area contributed by atoms with Crippen LogP contribution in [0.5, 0.6) is 0 Å². The third-order valence-electron chi connectivity index (χ3n) is 2.56. The van der Waals surface area contributed by atoms with E-state index >= 15 is 0 Å². The summed E-state index contributed by atoms with van der Waals surface area (Å²) in [5, 5.41) is 1.20. The number of aromatic nitrogens is 1. The Morgan fingerprint density at radius 2 is 2.07 bits per heavy atom. The van der Waals surface area contributed by atoms with Crippen LogP contribution in [-0.4, -0.2) is 29.0 Å². The molecule has 0 fully saturated rings. The van der Waals surface area contributed by atoms with E-state index in [1.165, 1.54) is 9.88 Å². The van der Waals surface area contributed by atoms with Gasteiger partial charge in [-0.2, -0.15) is 0 Å². The minimum atomic E-state index is 0.526. The maximum Gasteiger partial charge on any atom is 0.107 e. The Hall–Kier alpha value is -0.450. The molecule has 0 radical (unpaired) electrons. The maximum absolute atomic E-state index is 5.60. The third-order valence-corrected chi connectivity index (χ3v) is 3.62. The molecule has 1 rings (SSSR count). The molecule has 0 spiro atoms. The molecule has 4 heteroatoms. The van der Waals surface area contributed by atoms with Crippen LogP contribution in [0.1, 0.15) is 29.4 Å². The van der Waals surface area contributed by atoms with Gasteiger partial charge in [0.2, 0.25) is 0 Å². The molecule has 0 atom stereocenters. The smallest absolute Gasteiger partial charge is 0.107 e. The van der Waals surface area contributed by atoms with E-state index in [0.29, 0.717) is 12.6 Å². The lowest BCUT2D eigenvalue weighted by atomic mass is 10.3. The molecule has 0 bridgehead atoms. The summed E-state index contributed by atoms with van der Waals surface area (Å²) in [5.74, 6) is 0. The van der Waals surface area contributed by atoms with Gasteiger partial charge in [0, 0.05) is 24.0 Å². The number of nitrogens with zero attached hydrogens (tertiary/aromatic N) is 2. The van der Waals surface area contributed by atoms with Gasteiger partial charge in [-0.05, 0) is 27.7 Å². The Morgan fingerprint density at radius 1 is 1.40 bits per heavy atom. The third kappa shape index (κ3) is 3.55. The summed E-state index contributed by atoms with van der Waals surface area (Å²) in [5.41, 5.74) is 6.76. The number of rotatable bonds is 5. The molecule has 0 saturated heterocycles. The molecule has 86 valence electrons. The molecule has 0 saturated carbocycles. The molecule has 3 nitrogen and oxygen atoms in total. The van der Waals surface area contributed by atoms with Gasteiger partial charge in [-0.25, -0.2) is 4.98 Å². The lowest BCUT2D eigenvalue weighted by molar-refractivity contribution is 0.219. The van der Waals surface area contributed by atoms with Crippen LogP contribution in [0.3, 0.4) is 0 Å². The first-order valence-electron chi connectivity index (χ1n) is 5.41. The van der Waals surface area contributed by atoms with E-state index < -0.39 is 0 Å². The van der Waals surface area contributed by atoms with E-state index in [1.807, 2.05) is 0 Å².